The molecule has 3 rings (SSSR count). The molecule has 2 aromatic rings. The summed E-state index contributed by atoms with van der Waals surface area (Å²) >= 11 is 0. The van der Waals surface area contributed by atoms with Gasteiger partial charge in [0.25, 0.3) is 0 Å². The molecule has 5 nitrogen and oxygen atoms in total. The van der Waals surface area contributed by atoms with Crippen molar-refractivity contribution in [1.29, 1.82) is 0 Å². The standard InChI is InChI=1S/C12H13N3O2/c1-7-11(14-12(17)8-2-3-8)13-10-5-4-9(16)6-15(7)10/h4-6,8,16H,2-3H2,1H3,(H,14,17). The number of carbonyl (C=O) groups excluding carboxylic acids is 1. The largest absolute Gasteiger partial charge is 0.506 e. The molecule has 1 amide bonds. The Balaban J connectivity index is 1.98. The van der Waals surface area contributed by atoms with Gasteiger partial charge in [0.05, 0.1) is 11.9 Å². The Morgan fingerprint density at radius 1 is 1.53 bits per heavy atom. The Kier molecular flexibility index (Phi) is 2.07. The molecular weight excluding hydrogens is 218 g/mol. The number of aromatic nitrogens is 2. The highest BCUT2D eigenvalue weighted by Gasteiger charge is 2.30. The van der Waals surface area contributed by atoms with Crippen molar-refractivity contribution in [3.63, 3.8) is 0 Å². The molecule has 1 aliphatic rings. The van der Waals surface area contributed by atoms with Crippen molar-refractivity contribution in [3.8, 4) is 5.75 Å². The first kappa shape index (κ1) is 10.1. The lowest BCUT2D eigenvalue weighted by atomic mass is 10.4. The van der Waals surface area contributed by atoms with Crippen LogP contribution in [0, 0.1) is 12.8 Å². The van der Waals surface area contributed by atoms with Crippen LogP contribution in [-0.2, 0) is 4.79 Å². The topological polar surface area (TPSA) is 66.6 Å². The Hall–Kier alpha value is -2.04. The van der Waals surface area contributed by atoms with Gasteiger partial charge in [0.1, 0.15) is 11.4 Å². The maximum Gasteiger partial charge on any atom is 0.228 e. The molecule has 0 aromatic carbocycles. The lowest BCUT2D eigenvalue weighted by Gasteiger charge is -2.01. The van der Waals surface area contributed by atoms with Gasteiger partial charge in [-0.3, -0.25) is 9.20 Å². The molecule has 1 aliphatic carbocycles. The number of hydrogen-bond donors (Lipinski definition) is 2. The quantitative estimate of drug-likeness (QED) is 0.826. The van der Waals surface area contributed by atoms with Crippen LogP contribution in [0.3, 0.4) is 0 Å². The highest BCUT2D eigenvalue weighted by atomic mass is 16.3. The average molecular weight is 231 g/mol. The van der Waals surface area contributed by atoms with E-state index in [1.807, 2.05) is 6.92 Å². The summed E-state index contributed by atoms with van der Waals surface area (Å²) in [7, 11) is 0. The van der Waals surface area contributed by atoms with Crippen LogP contribution in [0.2, 0.25) is 0 Å². The number of imidazole rings is 1. The van der Waals surface area contributed by atoms with E-state index in [4.69, 9.17) is 0 Å². The molecule has 0 spiro atoms. The van der Waals surface area contributed by atoms with Gasteiger partial charge in [-0.1, -0.05) is 0 Å². The van der Waals surface area contributed by atoms with Gasteiger partial charge in [0.15, 0.2) is 5.82 Å². The predicted octanol–water partition coefficient (Wildman–Crippen LogP) is 1.70. The molecule has 1 saturated carbocycles. The number of amides is 1. The molecule has 0 bridgehead atoms. The van der Waals surface area contributed by atoms with E-state index >= 15 is 0 Å². The van der Waals surface area contributed by atoms with Crippen molar-refractivity contribution in [2.24, 2.45) is 5.92 Å². The van der Waals surface area contributed by atoms with Gasteiger partial charge in [0, 0.05) is 5.92 Å². The van der Waals surface area contributed by atoms with Crippen molar-refractivity contribution in [2.75, 3.05) is 5.32 Å². The number of rotatable bonds is 2. The van der Waals surface area contributed by atoms with E-state index in [0.29, 0.717) is 11.5 Å². The van der Waals surface area contributed by atoms with Crippen molar-refractivity contribution >= 4 is 17.4 Å². The molecular formula is C12H13N3O2. The van der Waals surface area contributed by atoms with E-state index in [1.165, 1.54) is 0 Å². The number of nitrogens with one attached hydrogen (secondary N) is 1. The molecule has 0 aliphatic heterocycles. The zero-order valence-corrected chi connectivity index (χ0v) is 9.47. The van der Waals surface area contributed by atoms with Gasteiger partial charge in [-0.05, 0) is 31.9 Å². The van der Waals surface area contributed by atoms with Gasteiger partial charge in [0.2, 0.25) is 5.91 Å². The summed E-state index contributed by atoms with van der Waals surface area (Å²) in [6, 6.07) is 3.30. The van der Waals surface area contributed by atoms with E-state index in [9.17, 15) is 9.90 Å². The SMILES string of the molecule is Cc1c(NC(=O)C2CC2)nc2ccc(O)cn12. The van der Waals surface area contributed by atoms with Crippen molar-refractivity contribution < 1.29 is 9.90 Å². The lowest BCUT2D eigenvalue weighted by molar-refractivity contribution is -0.117. The Morgan fingerprint density at radius 2 is 2.29 bits per heavy atom. The first-order valence-electron chi connectivity index (χ1n) is 5.63. The third kappa shape index (κ3) is 1.73. The predicted molar refractivity (Wildman–Crippen MR) is 62.9 cm³/mol. The fraction of sp³-hybridized carbons (Fsp3) is 0.333. The summed E-state index contributed by atoms with van der Waals surface area (Å²) in [5, 5.41) is 12.2. The van der Waals surface area contributed by atoms with E-state index in [-0.39, 0.29) is 17.6 Å². The highest BCUT2D eigenvalue weighted by molar-refractivity contribution is 5.94. The first-order valence-corrected chi connectivity index (χ1v) is 5.63. The van der Waals surface area contributed by atoms with Crippen molar-refractivity contribution in [3.05, 3.63) is 24.0 Å². The molecule has 17 heavy (non-hydrogen) atoms. The molecule has 5 heteroatoms. The zero-order valence-electron chi connectivity index (χ0n) is 9.47. The minimum absolute atomic E-state index is 0.0423. The summed E-state index contributed by atoms with van der Waals surface area (Å²) in [6.07, 6.45) is 3.53. The third-order valence-corrected chi connectivity index (χ3v) is 3.03. The van der Waals surface area contributed by atoms with Gasteiger partial charge >= 0.3 is 0 Å². The number of pyridine rings is 1. The fourth-order valence-electron chi connectivity index (χ4n) is 1.83. The molecule has 0 atom stereocenters. The van der Waals surface area contributed by atoms with Crippen LogP contribution in [0.1, 0.15) is 18.5 Å². The second-order valence-electron chi connectivity index (χ2n) is 4.42. The van der Waals surface area contributed by atoms with Crippen LogP contribution in [0.15, 0.2) is 18.3 Å². The van der Waals surface area contributed by atoms with Gasteiger partial charge < -0.3 is 10.4 Å². The number of carbonyl (C=O) groups is 1. The zero-order chi connectivity index (χ0) is 12.0. The Bertz CT molecular complexity index is 599. The van der Waals surface area contributed by atoms with Crippen LogP contribution in [0.25, 0.3) is 5.65 Å². The monoisotopic (exact) mass is 231 g/mol. The summed E-state index contributed by atoms with van der Waals surface area (Å²) in [6.45, 7) is 1.86. The summed E-state index contributed by atoms with van der Waals surface area (Å²) in [4.78, 5) is 16.0. The molecule has 2 heterocycles. The third-order valence-electron chi connectivity index (χ3n) is 3.03. The van der Waals surface area contributed by atoms with Crippen LogP contribution >= 0.6 is 0 Å². The van der Waals surface area contributed by atoms with Gasteiger partial charge in [-0.25, -0.2) is 4.98 Å². The molecule has 0 saturated heterocycles. The van der Waals surface area contributed by atoms with Crippen LogP contribution in [-0.4, -0.2) is 20.4 Å². The van der Waals surface area contributed by atoms with Crippen molar-refractivity contribution in [2.45, 2.75) is 19.8 Å². The second-order valence-corrected chi connectivity index (χ2v) is 4.42. The fourth-order valence-corrected chi connectivity index (χ4v) is 1.83. The van der Waals surface area contributed by atoms with E-state index in [1.54, 1.807) is 22.7 Å². The van der Waals surface area contributed by atoms with Gasteiger partial charge in [-0.2, -0.15) is 0 Å². The molecule has 1 fully saturated rings. The van der Waals surface area contributed by atoms with E-state index in [2.05, 4.69) is 10.3 Å². The maximum atomic E-state index is 11.7. The average Bonchev–Trinajstić information content (AvgIpc) is 3.09. The van der Waals surface area contributed by atoms with Crippen LogP contribution in [0.4, 0.5) is 5.82 Å². The normalized spacial score (nSPS) is 15.1. The number of anilines is 1. The second kappa shape index (κ2) is 3.48. The minimum Gasteiger partial charge on any atom is -0.506 e. The number of hydrogen-bond acceptors (Lipinski definition) is 3. The molecule has 2 N–H and O–H groups in total. The first-order chi connectivity index (χ1) is 8.15. The smallest absolute Gasteiger partial charge is 0.228 e. The van der Waals surface area contributed by atoms with E-state index in [0.717, 1.165) is 18.5 Å². The summed E-state index contributed by atoms with van der Waals surface area (Å²) in [5.41, 5.74) is 1.54. The van der Waals surface area contributed by atoms with E-state index < -0.39 is 0 Å². The summed E-state index contributed by atoms with van der Waals surface area (Å²) in [5.74, 6) is 0.957. The lowest BCUT2D eigenvalue weighted by Crippen LogP contribution is -2.14. The highest BCUT2D eigenvalue weighted by Crippen LogP contribution is 2.30. The summed E-state index contributed by atoms with van der Waals surface area (Å²) < 4.78 is 1.76. The maximum absolute atomic E-state index is 11.7. The minimum atomic E-state index is 0.0423. The number of fused-ring (bicyclic) bond motifs is 1. The molecule has 0 unspecified atom stereocenters. The number of aromatic hydroxyl groups is 1. The number of nitrogens with zero attached hydrogens (tertiary/aromatic N) is 2. The molecule has 2 aromatic heterocycles. The molecule has 88 valence electrons. The van der Waals surface area contributed by atoms with Crippen LogP contribution in [0.5, 0.6) is 5.75 Å². The van der Waals surface area contributed by atoms with Gasteiger partial charge in [-0.15, -0.1) is 0 Å². The number of aryl methyl sites for hydroxylation is 1. The molecule has 0 radical (unpaired) electrons. The van der Waals surface area contributed by atoms with Crippen molar-refractivity contribution in [1.82, 2.24) is 9.38 Å². The Labute approximate surface area is 98.1 Å². The van der Waals surface area contributed by atoms with Crippen LogP contribution < -0.4 is 5.32 Å². The Morgan fingerprint density at radius 3 is 3.00 bits per heavy atom.